The maximum atomic E-state index is 13.1. The monoisotopic (exact) mass is 431 g/mol. The van der Waals surface area contributed by atoms with Crippen LogP contribution in [0.15, 0.2) is 64.8 Å². The van der Waals surface area contributed by atoms with Crippen LogP contribution < -0.4 is 9.47 Å². The molecule has 5 rings (SSSR count). The van der Waals surface area contributed by atoms with Gasteiger partial charge in [0, 0.05) is 12.1 Å². The minimum atomic E-state index is -0.852. The minimum absolute atomic E-state index is 0.0133. The molecule has 1 fully saturated rings. The van der Waals surface area contributed by atoms with E-state index in [9.17, 15) is 14.7 Å². The standard InChI is InChI=1S/C25H21NO6/c1-14-5-6-15(2)17(10-14)23(27)21-22(19-4-3-9-30-19)26(25(29)24(21)28)12-16-7-8-18-20(11-16)32-13-31-18/h3-11,22,27H,12-13H2,1-2H3/b23-21-. The van der Waals surface area contributed by atoms with Crippen molar-refractivity contribution in [3.05, 3.63) is 88.4 Å². The molecular formula is C25H21NO6. The molecule has 2 aromatic carbocycles. The highest BCUT2D eigenvalue weighted by atomic mass is 16.7. The molecule has 1 amide bonds. The van der Waals surface area contributed by atoms with Crippen molar-refractivity contribution in [2.24, 2.45) is 0 Å². The smallest absolute Gasteiger partial charge is 0.296 e. The van der Waals surface area contributed by atoms with Gasteiger partial charge in [0.1, 0.15) is 17.6 Å². The van der Waals surface area contributed by atoms with E-state index in [0.717, 1.165) is 16.7 Å². The molecule has 1 atom stereocenters. The molecule has 0 radical (unpaired) electrons. The average molecular weight is 431 g/mol. The number of benzene rings is 2. The summed E-state index contributed by atoms with van der Waals surface area (Å²) >= 11 is 0. The summed E-state index contributed by atoms with van der Waals surface area (Å²) in [5, 5.41) is 11.2. The summed E-state index contributed by atoms with van der Waals surface area (Å²) in [6, 6.07) is 13.5. The van der Waals surface area contributed by atoms with Gasteiger partial charge in [-0.25, -0.2) is 0 Å². The summed E-state index contributed by atoms with van der Waals surface area (Å²) in [5.41, 5.74) is 3.02. The van der Waals surface area contributed by atoms with Crippen LogP contribution in [0.4, 0.5) is 0 Å². The summed E-state index contributed by atoms with van der Waals surface area (Å²) in [5.74, 6) is -0.0326. The van der Waals surface area contributed by atoms with Crippen molar-refractivity contribution >= 4 is 17.4 Å². The fourth-order valence-corrected chi connectivity index (χ4v) is 4.16. The zero-order valence-corrected chi connectivity index (χ0v) is 17.6. The summed E-state index contributed by atoms with van der Waals surface area (Å²) < 4.78 is 16.4. The van der Waals surface area contributed by atoms with Gasteiger partial charge in [0.2, 0.25) is 6.79 Å². The number of hydrogen-bond donors (Lipinski definition) is 1. The number of carbonyl (C=O) groups excluding carboxylic acids is 2. The SMILES string of the molecule is Cc1ccc(C)c(/C(O)=C2/C(=O)C(=O)N(Cc3ccc4c(c3)OCO4)C2c2ccco2)c1. The van der Waals surface area contributed by atoms with Gasteiger partial charge in [-0.1, -0.05) is 23.8 Å². The van der Waals surface area contributed by atoms with Gasteiger partial charge >= 0.3 is 0 Å². The average Bonchev–Trinajstić information content (AvgIpc) is 3.52. The molecule has 3 aromatic rings. The Morgan fingerprint density at radius 1 is 1.06 bits per heavy atom. The number of Topliss-reactive ketones (excluding diaryl/α,β-unsaturated/α-hetero) is 1. The van der Waals surface area contributed by atoms with Crippen molar-refractivity contribution in [2.45, 2.75) is 26.4 Å². The number of aryl methyl sites for hydroxylation is 2. The van der Waals surface area contributed by atoms with Crippen molar-refractivity contribution in [1.29, 1.82) is 0 Å². The Balaban J connectivity index is 1.61. The lowest BCUT2D eigenvalue weighted by Gasteiger charge is -2.23. The van der Waals surface area contributed by atoms with Crippen LogP contribution >= 0.6 is 0 Å². The number of hydrogen-bond acceptors (Lipinski definition) is 6. The number of nitrogens with zero attached hydrogens (tertiary/aromatic N) is 1. The topological polar surface area (TPSA) is 89.2 Å². The molecule has 2 aliphatic heterocycles. The first kappa shape index (κ1) is 19.9. The number of aliphatic hydroxyl groups is 1. The third-order valence-electron chi connectivity index (χ3n) is 5.79. The zero-order chi connectivity index (χ0) is 22.4. The lowest BCUT2D eigenvalue weighted by molar-refractivity contribution is -0.140. The van der Waals surface area contributed by atoms with Crippen molar-refractivity contribution in [1.82, 2.24) is 4.90 Å². The highest BCUT2D eigenvalue weighted by Crippen LogP contribution is 2.41. The number of aliphatic hydroxyl groups excluding tert-OH is 1. The van der Waals surface area contributed by atoms with E-state index in [1.807, 2.05) is 32.0 Å². The lowest BCUT2D eigenvalue weighted by atomic mass is 9.96. The summed E-state index contributed by atoms with van der Waals surface area (Å²) in [6.45, 7) is 4.03. The molecular weight excluding hydrogens is 410 g/mol. The van der Waals surface area contributed by atoms with E-state index in [1.165, 1.54) is 11.2 Å². The minimum Gasteiger partial charge on any atom is -0.507 e. The lowest BCUT2D eigenvalue weighted by Crippen LogP contribution is -2.29. The number of ketones is 1. The van der Waals surface area contributed by atoms with Crippen molar-refractivity contribution < 1.29 is 28.6 Å². The normalized spacial score (nSPS) is 19.1. The first-order valence-corrected chi connectivity index (χ1v) is 10.2. The van der Waals surface area contributed by atoms with Gasteiger partial charge in [0.25, 0.3) is 11.7 Å². The predicted molar refractivity (Wildman–Crippen MR) is 115 cm³/mol. The third-order valence-corrected chi connectivity index (χ3v) is 5.79. The van der Waals surface area contributed by atoms with Crippen LogP contribution in [0.1, 0.15) is 34.1 Å². The fraction of sp³-hybridized carbons (Fsp3) is 0.200. The second-order valence-electron chi connectivity index (χ2n) is 7.95. The molecule has 3 heterocycles. The van der Waals surface area contributed by atoms with Crippen LogP contribution in [-0.2, 0) is 16.1 Å². The van der Waals surface area contributed by atoms with Crippen LogP contribution in [0.2, 0.25) is 0 Å². The molecule has 0 bridgehead atoms. The van der Waals surface area contributed by atoms with Gasteiger partial charge in [-0.2, -0.15) is 0 Å². The highest BCUT2D eigenvalue weighted by Gasteiger charge is 2.47. The van der Waals surface area contributed by atoms with Crippen molar-refractivity contribution in [3.63, 3.8) is 0 Å². The number of carbonyl (C=O) groups is 2. The number of furan rings is 1. The van der Waals surface area contributed by atoms with E-state index < -0.39 is 17.7 Å². The Hall–Kier alpha value is -4.00. The van der Waals surface area contributed by atoms with Gasteiger partial charge in [-0.3, -0.25) is 9.59 Å². The van der Waals surface area contributed by atoms with Crippen LogP contribution in [0.5, 0.6) is 11.5 Å². The van der Waals surface area contributed by atoms with Gasteiger partial charge in [0.05, 0.1) is 11.8 Å². The molecule has 7 heteroatoms. The Labute approximate surface area is 184 Å². The number of likely N-dealkylation sites (tertiary alicyclic amines) is 1. The predicted octanol–water partition coefficient (Wildman–Crippen LogP) is 4.25. The molecule has 1 unspecified atom stereocenters. The largest absolute Gasteiger partial charge is 0.507 e. The van der Waals surface area contributed by atoms with Gasteiger partial charge in [0.15, 0.2) is 11.5 Å². The van der Waals surface area contributed by atoms with E-state index in [-0.39, 0.29) is 24.7 Å². The first-order valence-electron chi connectivity index (χ1n) is 10.2. The van der Waals surface area contributed by atoms with E-state index in [1.54, 1.807) is 30.3 Å². The molecule has 2 aliphatic rings. The quantitative estimate of drug-likeness (QED) is 0.377. The number of ether oxygens (including phenoxy) is 2. The summed E-state index contributed by atoms with van der Waals surface area (Å²) in [4.78, 5) is 27.6. The molecule has 0 saturated carbocycles. The Kier molecular flexibility index (Phi) is 4.74. The second-order valence-corrected chi connectivity index (χ2v) is 7.95. The number of rotatable bonds is 4. The Bertz CT molecular complexity index is 1260. The number of amides is 1. The molecule has 7 nitrogen and oxygen atoms in total. The molecule has 1 N–H and O–H groups in total. The molecule has 1 aromatic heterocycles. The van der Waals surface area contributed by atoms with Crippen LogP contribution in [0.25, 0.3) is 5.76 Å². The Morgan fingerprint density at radius 2 is 1.88 bits per heavy atom. The van der Waals surface area contributed by atoms with Crippen LogP contribution in [0.3, 0.4) is 0 Å². The van der Waals surface area contributed by atoms with Gasteiger partial charge in [-0.15, -0.1) is 0 Å². The third kappa shape index (κ3) is 3.22. The van der Waals surface area contributed by atoms with Crippen molar-refractivity contribution in [3.8, 4) is 11.5 Å². The maximum absolute atomic E-state index is 13.1. The van der Waals surface area contributed by atoms with Crippen LogP contribution in [0, 0.1) is 13.8 Å². The van der Waals surface area contributed by atoms with Gasteiger partial charge in [-0.05, 0) is 55.3 Å². The van der Waals surface area contributed by atoms with E-state index in [4.69, 9.17) is 13.9 Å². The maximum Gasteiger partial charge on any atom is 0.296 e. The Morgan fingerprint density at radius 3 is 2.66 bits per heavy atom. The molecule has 0 spiro atoms. The van der Waals surface area contributed by atoms with E-state index in [0.29, 0.717) is 22.8 Å². The summed E-state index contributed by atoms with van der Waals surface area (Å²) in [7, 11) is 0. The molecule has 162 valence electrons. The van der Waals surface area contributed by atoms with Gasteiger partial charge < -0.3 is 23.9 Å². The first-order chi connectivity index (χ1) is 15.4. The van der Waals surface area contributed by atoms with Crippen LogP contribution in [-0.4, -0.2) is 28.5 Å². The summed E-state index contributed by atoms with van der Waals surface area (Å²) in [6.07, 6.45) is 1.48. The molecule has 0 aliphatic carbocycles. The van der Waals surface area contributed by atoms with E-state index in [2.05, 4.69) is 0 Å². The molecule has 1 saturated heterocycles. The zero-order valence-electron chi connectivity index (χ0n) is 17.6. The van der Waals surface area contributed by atoms with Crippen molar-refractivity contribution in [2.75, 3.05) is 6.79 Å². The fourth-order valence-electron chi connectivity index (χ4n) is 4.16. The second kappa shape index (κ2) is 7.60. The number of fused-ring (bicyclic) bond motifs is 1. The van der Waals surface area contributed by atoms with E-state index >= 15 is 0 Å². The molecule has 32 heavy (non-hydrogen) atoms. The highest BCUT2D eigenvalue weighted by molar-refractivity contribution is 6.46.